The van der Waals surface area contributed by atoms with Gasteiger partial charge in [-0.15, -0.1) is 0 Å². The third kappa shape index (κ3) is 3.58. The standard InChI is InChI=1S/C33H52O4/c1-21(34)37-26-13-14-30(6)24(29(26,4)5)12-15-32(8)25(30)11-10-22-23-20-28(2,3)16-18-33(23,27(35)36-9)19-17-31(22,32)7/h10,23-26H,11-20H2,1-9H3/t23-,24-,25+,26+,30-,31+,32+,33-/m0/s1. The van der Waals surface area contributed by atoms with Crippen LogP contribution in [0, 0.1) is 50.2 Å². The first-order valence-corrected chi connectivity index (χ1v) is 15.0. The lowest BCUT2D eigenvalue weighted by Gasteiger charge is -2.71. The molecular weight excluding hydrogens is 460 g/mol. The Morgan fingerprint density at radius 2 is 1.54 bits per heavy atom. The van der Waals surface area contributed by atoms with E-state index in [9.17, 15) is 9.59 Å². The summed E-state index contributed by atoms with van der Waals surface area (Å²) in [4.78, 5) is 25.3. The van der Waals surface area contributed by atoms with E-state index in [1.165, 1.54) is 12.8 Å². The molecule has 37 heavy (non-hydrogen) atoms. The van der Waals surface area contributed by atoms with Crippen molar-refractivity contribution >= 4 is 11.9 Å². The maximum atomic E-state index is 13.4. The second-order valence-electron chi connectivity index (χ2n) is 15.8. The lowest BCUT2D eigenvalue weighted by atomic mass is 9.33. The molecule has 0 amide bonds. The zero-order valence-electron chi connectivity index (χ0n) is 25.1. The van der Waals surface area contributed by atoms with Crippen LogP contribution in [0.3, 0.4) is 0 Å². The second-order valence-corrected chi connectivity index (χ2v) is 15.8. The normalized spacial score (nSPS) is 47.8. The van der Waals surface area contributed by atoms with Gasteiger partial charge in [-0.3, -0.25) is 9.59 Å². The van der Waals surface area contributed by atoms with Gasteiger partial charge in [-0.05, 0) is 104 Å². The number of fused-ring (bicyclic) bond motifs is 7. The predicted octanol–water partition coefficient (Wildman–Crippen LogP) is 7.89. The minimum Gasteiger partial charge on any atom is -0.469 e. The SMILES string of the molecule is COC(=O)[C@]12CCC(C)(C)C[C@H]1C1=CC[C@@H]3[C@@]4(C)CC[C@@H](OC(C)=O)C(C)(C)[C@@H]4CC[C@@]3(C)[C@]1(C)CC2. The molecule has 0 radical (unpaired) electrons. The molecule has 4 saturated carbocycles. The van der Waals surface area contributed by atoms with Crippen molar-refractivity contribution in [2.45, 2.75) is 126 Å². The summed E-state index contributed by atoms with van der Waals surface area (Å²) < 4.78 is 11.4. The van der Waals surface area contributed by atoms with E-state index in [2.05, 4.69) is 54.5 Å². The predicted molar refractivity (Wildman–Crippen MR) is 147 cm³/mol. The van der Waals surface area contributed by atoms with Gasteiger partial charge in [0.25, 0.3) is 0 Å². The van der Waals surface area contributed by atoms with E-state index in [4.69, 9.17) is 9.47 Å². The number of allylic oxidation sites excluding steroid dienone is 2. The zero-order chi connectivity index (χ0) is 27.2. The van der Waals surface area contributed by atoms with Crippen molar-refractivity contribution in [1.82, 2.24) is 0 Å². The van der Waals surface area contributed by atoms with Gasteiger partial charge >= 0.3 is 11.9 Å². The molecule has 4 heteroatoms. The van der Waals surface area contributed by atoms with Gasteiger partial charge in [0.15, 0.2) is 0 Å². The van der Waals surface area contributed by atoms with E-state index >= 15 is 0 Å². The summed E-state index contributed by atoms with van der Waals surface area (Å²) in [5.41, 5.74) is 2.01. The van der Waals surface area contributed by atoms with Gasteiger partial charge in [0.05, 0.1) is 12.5 Å². The fourth-order valence-corrected chi connectivity index (χ4v) is 11.2. The quantitative estimate of drug-likeness (QED) is 0.279. The molecule has 5 rings (SSSR count). The van der Waals surface area contributed by atoms with E-state index in [-0.39, 0.29) is 50.5 Å². The molecule has 0 aliphatic heterocycles. The molecule has 0 aromatic heterocycles. The topological polar surface area (TPSA) is 52.6 Å². The largest absolute Gasteiger partial charge is 0.469 e. The fourth-order valence-electron chi connectivity index (χ4n) is 11.2. The van der Waals surface area contributed by atoms with Crippen molar-refractivity contribution in [1.29, 1.82) is 0 Å². The highest BCUT2D eigenvalue weighted by Crippen LogP contribution is 2.75. The van der Waals surface area contributed by atoms with Gasteiger partial charge in [-0.2, -0.15) is 0 Å². The molecule has 0 spiro atoms. The molecule has 0 saturated heterocycles. The minimum absolute atomic E-state index is 0.0116. The van der Waals surface area contributed by atoms with Crippen molar-refractivity contribution in [3.63, 3.8) is 0 Å². The number of ether oxygens (including phenoxy) is 2. The van der Waals surface area contributed by atoms with Crippen LogP contribution < -0.4 is 0 Å². The highest BCUT2D eigenvalue weighted by Gasteiger charge is 2.69. The Morgan fingerprint density at radius 3 is 2.19 bits per heavy atom. The lowest BCUT2D eigenvalue weighted by Crippen LogP contribution is -2.65. The molecule has 0 N–H and O–H groups in total. The van der Waals surface area contributed by atoms with E-state index in [0.29, 0.717) is 17.8 Å². The molecule has 4 nitrogen and oxygen atoms in total. The Kier molecular flexibility index (Phi) is 6.14. The van der Waals surface area contributed by atoms with E-state index in [1.807, 2.05) is 0 Å². The first kappa shape index (κ1) is 27.3. The van der Waals surface area contributed by atoms with Crippen LogP contribution in [0.2, 0.25) is 0 Å². The summed E-state index contributed by atoms with van der Waals surface area (Å²) in [6.07, 6.45) is 13.4. The molecule has 0 heterocycles. The van der Waals surface area contributed by atoms with Crippen LogP contribution in [-0.2, 0) is 19.1 Å². The van der Waals surface area contributed by atoms with Crippen molar-refractivity contribution < 1.29 is 19.1 Å². The summed E-state index contributed by atoms with van der Waals surface area (Å²) in [5, 5.41) is 0. The molecular formula is C33H52O4. The van der Waals surface area contributed by atoms with Crippen molar-refractivity contribution in [2.75, 3.05) is 7.11 Å². The third-order valence-electron chi connectivity index (χ3n) is 13.5. The van der Waals surface area contributed by atoms with E-state index in [0.717, 1.165) is 51.4 Å². The molecule has 8 atom stereocenters. The number of hydrogen-bond acceptors (Lipinski definition) is 4. The average Bonchev–Trinajstić information content (AvgIpc) is 2.80. The van der Waals surface area contributed by atoms with E-state index in [1.54, 1.807) is 19.6 Å². The fraction of sp³-hybridized carbons (Fsp3) is 0.879. The van der Waals surface area contributed by atoms with Crippen molar-refractivity contribution in [3.8, 4) is 0 Å². The Hall–Kier alpha value is -1.32. The van der Waals surface area contributed by atoms with Crippen LogP contribution in [0.5, 0.6) is 0 Å². The molecule has 0 bridgehead atoms. The van der Waals surface area contributed by atoms with Crippen LogP contribution in [0.15, 0.2) is 11.6 Å². The highest BCUT2D eigenvalue weighted by atomic mass is 16.5. The molecule has 5 aliphatic carbocycles. The van der Waals surface area contributed by atoms with Crippen molar-refractivity contribution in [2.24, 2.45) is 50.2 Å². The first-order valence-electron chi connectivity index (χ1n) is 15.0. The summed E-state index contributed by atoms with van der Waals surface area (Å²) in [5.74, 6) is 1.33. The Bertz CT molecular complexity index is 1010. The summed E-state index contributed by atoms with van der Waals surface area (Å²) in [7, 11) is 1.59. The number of esters is 2. The molecule has 0 unspecified atom stereocenters. The van der Waals surface area contributed by atoms with Crippen LogP contribution >= 0.6 is 0 Å². The molecule has 208 valence electrons. The van der Waals surface area contributed by atoms with Gasteiger partial charge in [0, 0.05) is 12.3 Å². The zero-order valence-corrected chi connectivity index (χ0v) is 25.1. The van der Waals surface area contributed by atoms with Crippen LogP contribution in [0.1, 0.15) is 120 Å². The van der Waals surface area contributed by atoms with Gasteiger partial charge in [0.1, 0.15) is 6.10 Å². The summed E-state index contributed by atoms with van der Waals surface area (Å²) >= 11 is 0. The van der Waals surface area contributed by atoms with E-state index < -0.39 is 0 Å². The van der Waals surface area contributed by atoms with Gasteiger partial charge in [0.2, 0.25) is 0 Å². The maximum absolute atomic E-state index is 13.4. The smallest absolute Gasteiger partial charge is 0.312 e. The molecule has 4 fully saturated rings. The number of methoxy groups -OCH3 is 1. The van der Waals surface area contributed by atoms with Crippen LogP contribution in [0.25, 0.3) is 0 Å². The van der Waals surface area contributed by atoms with Gasteiger partial charge in [-0.25, -0.2) is 0 Å². The van der Waals surface area contributed by atoms with Gasteiger partial charge < -0.3 is 9.47 Å². The van der Waals surface area contributed by atoms with Crippen LogP contribution in [0.4, 0.5) is 0 Å². The van der Waals surface area contributed by atoms with Gasteiger partial charge in [-0.1, -0.05) is 60.1 Å². The Balaban J connectivity index is 1.55. The Morgan fingerprint density at radius 1 is 0.865 bits per heavy atom. The summed E-state index contributed by atoms with van der Waals surface area (Å²) in [6, 6.07) is 0. The number of hydrogen-bond donors (Lipinski definition) is 0. The second kappa shape index (κ2) is 8.34. The summed E-state index contributed by atoms with van der Waals surface area (Å²) in [6.45, 7) is 18.8. The molecule has 0 aromatic rings. The molecule has 0 aromatic carbocycles. The number of carbonyl (C=O) groups excluding carboxylic acids is 2. The first-order chi connectivity index (χ1) is 17.1. The Labute approximate surface area is 225 Å². The monoisotopic (exact) mass is 512 g/mol. The molecule has 5 aliphatic rings. The number of carbonyl (C=O) groups is 2. The average molecular weight is 513 g/mol. The lowest BCUT2D eigenvalue weighted by molar-refractivity contribution is -0.213. The van der Waals surface area contributed by atoms with Crippen LogP contribution in [-0.4, -0.2) is 25.2 Å². The van der Waals surface area contributed by atoms with Crippen molar-refractivity contribution in [3.05, 3.63) is 11.6 Å². The third-order valence-corrected chi connectivity index (χ3v) is 13.5. The minimum atomic E-state index is -0.343. The number of rotatable bonds is 2. The highest BCUT2D eigenvalue weighted by molar-refractivity contribution is 5.78. The maximum Gasteiger partial charge on any atom is 0.312 e.